The van der Waals surface area contributed by atoms with E-state index in [4.69, 9.17) is 0 Å². The van der Waals surface area contributed by atoms with E-state index < -0.39 is 0 Å². The molecular weight excluding hydrogens is 398 g/mol. The normalized spacial score (nSPS) is 26.1. The van der Waals surface area contributed by atoms with Gasteiger partial charge in [0, 0.05) is 31.4 Å². The SMILES string of the molecule is CC(C)C1NNC(C(=O)NCc2ccc(N3CCNC(=O)C3)cc2)C1Br. The average Bonchev–Trinajstić information content (AvgIpc) is 3.02. The van der Waals surface area contributed by atoms with Crippen molar-refractivity contribution in [2.45, 2.75) is 37.3 Å². The molecule has 1 aromatic rings. The molecule has 2 saturated heterocycles. The summed E-state index contributed by atoms with van der Waals surface area (Å²) in [6.45, 7) is 6.60. The van der Waals surface area contributed by atoms with Crippen LogP contribution in [0, 0.1) is 5.92 Å². The molecule has 0 aromatic heterocycles. The predicted molar refractivity (Wildman–Crippen MR) is 105 cm³/mol. The van der Waals surface area contributed by atoms with E-state index in [2.05, 4.69) is 56.2 Å². The van der Waals surface area contributed by atoms with Crippen LogP contribution in [0.1, 0.15) is 19.4 Å². The molecule has 8 heteroatoms. The Morgan fingerprint density at radius 1 is 1.31 bits per heavy atom. The number of nitrogens with zero attached hydrogens (tertiary/aromatic N) is 1. The van der Waals surface area contributed by atoms with Gasteiger partial charge in [0.05, 0.1) is 11.4 Å². The van der Waals surface area contributed by atoms with E-state index >= 15 is 0 Å². The number of halogens is 1. The topological polar surface area (TPSA) is 85.5 Å². The van der Waals surface area contributed by atoms with Crippen molar-refractivity contribution in [1.29, 1.82) is 0 Å². The first kappa shape index (κ1) is 19.1. The highest BCUT2D eigenvalue weighted by atomic mass is 79.9. The lowest BCUT2D eigenvalue weighted by Gasteiger charge is -2.28. The van der Waals surface area contributed by atoms with Gasteiger partial charge in [-0.1, -0.05) is 41.9 Å². The molecule has 2 heterocycles. The quantitative estimate of drug-likeness (QED) is 0.518. The van der Waals surface area contributed by atoms with E-state index in [1.165, 1.54) is 0 Å². The number of hydrogen-bond donors (Lipinski definition) is 4. The second-order valence-corrected chi connectivity index (χ2v) is 8.19. The van der Waals surface area contributed by atoms with Crippen molar-refractivity contribution in [3.63, 3.8) is 0 Å². The first-order chi connectivity index (χ1) is 12.5. The number of nitrogens with one attached hydrogen (secondary N) is 4. The minimum absolute atomic E-state index is 0.0284. The molecule has 0 saturated carbocycles. The van der Waals surface area contributed by atoms with E-state index in [1.54, 1.807) is 0 Å². The molecule has 0 spiro atoms. The number of carbonyl (C=O) groups excluding carboxylic acids is 2. The number of carbonyl (C=O) groups is 2. The molecule has 0 bridgehead atoms. The van der Waals surface area contributed by atoms with Gasteiger partial charge in [-0.15, -0.1) is 0 Å². The number of hydrazine groups is 1. The summed E-state index contributed by atoms with van der Waals surface area (Å²) in [5, 5.41) is 5.81. The van der Waals surface area contributed by atoms with Gasteiger partial charge in [0.25, 0.3) is 0 Å². The van der Waals surface area contributed by atoms with Gasteiger partial charge in [-0.25, -0.2) is 5.43 Å². The smallest absolute Gasteiger partial charge is 0.239 e. The van der Waals surface area contributed by atoms with Crippen molar-refractivity contribution in [3.05, 3.63) is 29.8 Å². The molecule has 3 rings (SSSR count). The Hall–Kier alpha value is -1.64. The van der Waals surface area contributed by atoms with E-state index in [0.717, 1.165) is 17.8 Å². The summed E-state index contributed by atoms with van der Waals surface area (Å²) in [6, 6.07) is 7.89. The summed E-state index contributed by atoms with van der Waals surface area (Å²) in [7, 11) is 0. The lowest BCUT2D eigenvalue weighted by Crippen LogP contribution is -2.47. The Morgan fingerprint density at radius 2 is 2.04 bits per heavy atom. The molecule has 142 valence electrons. The van der Waals surface area contributed by atoms with Crippen molar-refractivity contribution < 1.29 is 9.59 Å². The molecule has 4 N–H and O–H groups in total. The Bertz CT molecular complexity index is 651. The van der Waals surface area contributed by atoms with Crippen LogP contribution in [0.3, 0.4) is 0 Å². The van der Waals surface area contributed by atoms with Crippen molar-refractivity contribution in [1.82, 2.24) is 21.5 Å². The maximum Gasteiger partial charge on any atom is 0.239 e. The molecule has 2 amide bonds. The molecule has 7 nitrogen and oxygen atoms in total. The van der Waals surface area contributed by atoms with Gasteiger partial charge in [-0.2, -0.15) is 0 Å². The standard InChI is InChI=1S/C18H26BrN5O2/c1-11(2)16-15(19)17(23-22-16)18(26)21-9-12-3-5-13(6-4-12)24-8-7-20-14(25)10-24/h3-6,11,15-17,22-23H,7-10H2,1-2H3,(H,20,25)(H,21,26). The summed E-state index contributed by atoms with van der Waals surface area (Å²) in [5.41, 5.74) is 8.32. The van der Waals surface area contributed by atoms with Crippen molar-refractivity contribution in [3.8, 4) is 0 Å². The van der Waals surface area contributed by atoms with Gasteiger partial charge < -0.3 is 15.5 Å². The van der Waals surface area contributed by atoms with Crippen molar-refractivity contribution in [2.24, 2.45) is 5.92 Å². The molecule has 26 heavy (non-hydrogen) atoms. The van der Waals surface area contributed by atoms with Crippen molar-refractivity contribution in [2.75, 3.05) is 24.5 Å². The number of alkyl halides is 1. The number of rotatable bonds is 5. The van der Waals surface area contributed by atoms with Crippen LogP contribution in [0.25, 0.3) is 0 Å². The maximum atomic E-state index is 12.5. The number of piperazine rings is 1. The van der Waals surface area contributed by atoms with Gasteiger partial charge in [0.15, 0.2) is 0 Å². The highest BCUT2D eigenvalue weighted by Gasteiger charge is 2.39. The van der Waals surface area contributed by atoms with Gasteiger partial charge in [0.2, 0.25) is 11.8 Å². The summed E-state index contributed by atoms with van der Waals surface area (Å²) < 4.78 is 0. The number of benzene rings is 1. The molecule has 0 aliphatic carbocycles. The molecule has 2 aliphatic rings. The maximum absolute atomic E-state index is 12.5. The molecule has 2 fully saturated rings. The molecular formula is C18H26BrN5O2. The third-order valence-corrected chi connectivity index (χ3v) is 5.97. The highest BCUT2D eigenvalue weighted by Crippen LogP contribution is 2.22. The van der Waals surface area contributed by atoms with Crippen LogP contribution in [-0.2, 0) is 16.1 Å². The zero-order valence-electron chi connectivity index (χ0n) is 15.1. The fraction of sp³-hybridized carbons (Fsp3) is 0.556. The summed E-state index contributed by atoms with van der Waals surface area (Å²) in [6.07, 6.45) is 0. The van der Waals surface area contributed by atoms with Crippen LogP contribution in [0.15, 0.2) is 24.3 Å². The summed E-state index contributed by atoms with van der Waals surface area (Å²) >= 11 is 3.63. The van der Waals surface area contributed by atoms with Gasteiger partial charge in [0.1, 0.15) is 6.04 Å². The van der Waals surface area contributed by atoms with Gasteiger partial charge >= 0.3 is 0 Å². The van der Waals surface area contributed by atoms with Gasteiger partial charge in [-0.05, 0) is 23.6 Å². The molecule has 1 aromatic carbocycles. The lowest BCUT2D eigenvalue weighted by molar-refractivity contribution is -0.123. The van der Waals surface area contributed by atoms with Gasteiger partial charge in [-0.3, -0.25) is 15.0 Å². The number of amides is 2. The van der Waals surface area contributed by atoms with Crippen LogP contribution < -0.4 is 26.4 Å². The fourth-order valence-electron chi connectivity index (χ4n) is 3.28. The highest BCUT2D eigenvalue weighted by molar-refractivity contribution is 9.09. The first-order valence-corrected chi connectivity index (χ1v) is 9.90. The Morgan fingerprint density at radius 3 is 2.65 bits per heavy atom. The zero-order valence-corrected chi connectivity index (χ0v) is 16.7. The Labute approximate surface area is 162 Å². The lowest BCUT2D eigenvalue weighted by atomic mass is 9.99. The van der Waals surface area contributed by atoms with E-state index in [0.29, 0.717) is 25.6 Å². The fourth-order valence-corrected chi connectivity index (χ4v) is 4.39. The zero-order chi connectivity index (χ0) is 18.7. The molecule has 0 radical (unpaired) electrons. The largest absolute Gasteiger partial charge is 0.360 e. The molecule has 3 atom stereocenters. The first-order valence-electron chi connectivity index (χ1n) is 8.99. The Balaban J connectivity index is 1.52. The third kappa shape index (κ3) is 4.36. The van der Waals surface area contributed by atoms with Crippen LogP contribution in [-0.4, -0.2) is 48.4 Å². The van der Waals surface area contributed by atoms with Crippen LogP contribution in [0.5, 0.6) is 0 Å². The van der Waals surface area contributed by atoms with E-state index in [-0.39, 0.29) is 28.7 Å². The summed E-state index contributed by atoms with van der Waals surface area (Å²) in [5.74, 6) is 0.447. The average molecular weight is 424 g/mol. The van der Waals surface area contributed by atoms with E-state index in [9.17, 15) is 9.59 Å². The number of hydrogen-bond acceptors (Lipinski definition) is 5. The second kappa shape index (κ2) is 8.37. The summed E-state index contributed by atoms with van der Waals surface area (Å²) in [4.78, 5) is 26.0. The third-order valence-electron chi connectivity index (χ3n) is 4.87. The molecule has 2 aliphatic heterocycles. The Kier molecular flexibility index (Phi) is 6.16. The van der Waals surface area contributed by atoms with Crippen LogP contribution in [0.2, 0.25) is 0 Å². The number of anilines is 1. The van der Waals surface area contributed by atoms with Crippen LogP contribution in [0.4, 0.5) is 5.69 Å². The second-order valence-electron chi connectivity index (χ2n) is 7.14. The monoisotopic (exact) mass is 423 g/mol. The minimum atomic E-state index is -0.298. The minimum Gasteiger partial charge on any atom is -0.360 e. The van der Waals surface area contributed by atoms with Crippen molar-refractivity contribution >= 4 is 33.4 Å². The van der Waals surface area contributed by atoms with Crippen LogP contribution >= 0.6 is 15.9 Å². The predicted octanol–water partition coefficient (Wildman–Crippen LogP) is 0.504. The van der Waals surface area contributed by atoms with E-state index in [1.807, 2.05) is 24.3 Å². The molecule has 3 unspecified atom stereocenters.